The first kappa shape index (κ1) is 13.3. The second-order valence-electron chi connectivity index (χ2n) is 6.97. The maximum atomic E-state index is 13.0. The van der Waals surface area contributed by atoms with Crippen LogP contribution in [0.1, 0.15) is 44.0 Å². The van der Waals surface area contributed by atoms with Crippen molar-refractivity contribution in [1.29, 1.82) is 0 Å². The normalized spacial score (nSPS) is 30.8. The summed E-state index contributed by atoms with van der Waals surface area (Å²) in [4.78, 5) is 19.6. The number of aryl methyl sites for hydroxylation is 1. The van der Waals surface area contributed by atoms with E-state index in [2.05, 4.69) is 15.2 Å². The summed E-state index contributed by atoms with van der Waals surface area (Å²) >= 11 is 0. The molecule has 1 spiro atoms. The molecule has 3 fully saturated rings. The van der Waals surface area contributed by atoms with Crippen LogP contribution in [0.25, 0.3) is 0 Å². The molecule has 2 aliphatic carbocycles. The van der Waals surface area contributed by atoms with E-state index in [4.69, 9.17) is 0 Å². The molecular formula is C16H24N4O. The van der Waals surface area contributed by atoms with Gasteiger partial charge in [-0.15, -0.1) is 0 Å². The molecule has 5 heteroatoms. The molecule has 3 aliphatic rings. The zero-order valence-corrected chi connectivity index (χ0v) is 12.7. The maximum absolute atomic E-state index is 13.0. The molecule has 1 saturated heterocycles. The van der Waals surface area contributed by atoms with Crippen LogP contribution < -0.4 is 5.32 Å². The van der Waals surface area contributed by atoms with E-state index in [0.717, 1.165) is 31.9 Å². The van der Waals surface area contributed by atoms with Crippen molar-refractivity contribution in [3.05, 3.63) is 18.2 Å². The van der Waals surface area contributed by atoms with E-state index in [1.165, 1.54) is 25.7 Å². The van der Waals surface area contributed by atoms with Gasteiger partial charge in [0, 0.05) is 45.0 Å². The summed E-state index contributed by atoms with van der Waals surface area (Å²) in [6, 6.07) is 0.0882. The first-order chi connectivity index (χ1) is 10.2. The summed E-state index contributed by atoms with van der Waals surface area (Å²) in [5.74, 6) is 1.67. The van der Waals surface area contributed by atoms with E-state index in [1.54, 1.807) is 0 Å². The summed E-state index contributed by atoms with van der Waals surface area (Å²) in [6.07, 6.45) is 10.1. The number of nitrogens with one attached hydrogen (secondary N) is 1. The molecule has 1 amide bonds. The van der Waals surface area contributed by atoms with Crippen LogP contribution >= 0.6 is 0 Å². The van der Waals surface area contributed by atoms with Gasteiger partial charge >= 0.3 is 0 Å². The molecule has 1 N–H and O–H groups in total. The topological polar surface area (TPSA) is 50.2 Å². The van der Waals surface area contributed by atoms with Crippen molar-refractivity contribution in [2.45, 2.75) is 38.1 Å². The van der Waals surface area contributed by atoms with Crippen LogP contribution in [0.3, 0.4) is 0 Å². The van der Waals surface area contributed by atoms with Crippen LogP contribution in [0, 0.1) is 11.3 Å². The highest BCUT2D eigenvalue weighted by atomic mass is 16.2. The number of hydrogen-bond acceptors (Lipinski definition) is 3. The van der Waals surface area contributed by atoms with Gasteiger partial charge in [0.05, 0.1) is 0 Å². The second kappa shape index (κ2) is 4.83. The Balaban J connectivity index is 1.55. The molecule has 114 valence electrons. The van der Waals surface area contributed by atoms with Crippen molar-refractivity contribution in [2.24, 2.45) is 18.4 Å². The first-order valence-electron chi connectivity index (χ1n) is 8.20. The van der Waals surface area contributed by atoms with Gasteiger partial charge in [-0.05, 0) is 24.7 Å². The number of imidazole rings is 1. The molecule has 0 radical (unpaired) electrons. The highest BCUT2D eigenvalue weighted by Crippen LogP contribution is 2.63. The van der Waals surface area contributed by atoms with Crippen molar-refractivity contribution < 1.29 is 4.79 Å². The monoisotopic (exact) mass is 288 g/mol. The highest BCUT2D eigenvalue weighted by Gasteiger charge is 2.60. The lowest BCUT2D eigenvalue weighted by Crippen LogP contribution is -2.50. The van der Waals surface area contributed by atoms with Crippen LogP contribution in [0.15, 0.2) is 12.4 Å². The third-order valence-corrected chi connectivity index (χ3v) is 5.77. The quantitative estimate of drug-likeness (QED) is 0.896. The van der Waals surface area contributed by atoms with Crippen LogP contribution in [-0.2, 0) is 11.8 Å². The van der Waals surface area contributed by atoms with Crippen molar-refractivity contribution >= 4 is 5.91 Å². The smallest absolute Gasteiger partial charge is 0.226 e. The highest BCUT2D eigenvalue weighted by molar-refractivity contribution is 5.83. The predicted molar refractivity (Wildman–Crippen MR) is 79.5 cm³/mol. The van der Waals surface area contributed by atoms with Gasteiger partial charge in [0.15, 0.2) is 0 Å². The molecule has 5 nitrogen and oxygen atoms in total. The molecule has 0 aromatic carbocycles. The predicted octanol–water partition coefficient (Wildman–Crippen LogP) is 1.47. The summed E-state index contributed by atoms with van der Waals surface area (Å²) < 4.78 is 2.04. The van der Waals surface area contributed by atoms with Gasteiger partial charge in [0.2, 0.25) is 5.91 Å². The molecular weight excluding hydrogens is 264 g/mol. The standard InChI is InChI=1S/C16H24N4O/c1-19-8-7-18-14(19)13-11-17-6-9-20(13)15(21)12-10-16(12)4-2-3-5-16/h7-8,12-13,17H,2-6,9-11H2,1H3. The molecule has 1 aromatic rings. The van der Waals surface area contributed by atoms with E-state index in [0.29, 0.717) is 17.2 Å². The fourth-order valence-corrected chi connectivity index (χ4v) is 4.43. The number of carbonyl (C=O) groups is 1. The SMILES string of the molecule is Cn1ccnc1C1CNCCN1C(=O)C1CC12CCCC2. The van der Waals surface area contributed by atoms with Crippen molar-refractivity contribution in [1.82, 2.24) is 19.8 Å². The van der Waals surface area contributed by atoms with Gasteiger partial charge in [0.1, 0.15) is 11.9 Å². The number of amides is 1. The number of aromatic nitrogens is 2. The van der Waals surface area contributed by atoms with E-state index in [1.807, 2.05) is 24.0 Å². The van der Waals surface area contributed by atoms with Gasteiger partial charge in [-0.1, -0.05) is 12.8 Å². The Kier molecular flexibility index (Phi) is 3.06. The molecule has 0 bridgehead atoms. The lowest BCUT2D eigenvalue weighted by atomic mass is 10.0. The summed E-state index contributed by atoms with van der Waals surface area (Å²) in [7, 11) is 2.01. The van der Waals surface area contributed by atoms with Gasteiger partial charge in [-0.25, -0.2) is 4.98 Å². The van der Waals surface area contributed by atoms with Crippen LogP contribution in [0.2, 0.25) is 0 Å². The molecule has 1 aromatic heterocycles. The Morgan fingerprint density at radius 2 is 2.24 bits per heavy atom. The minimum Gasteiger partial charge on any atom is -0.336 e. The third kappa shape index (κ3) is 2.09. The Labute approximate surface area is 125 Å². The van der Waals surface area contributed by atoms with Crippen molar-refractivity contribution in [3.8, 4) is 0 Å². The van der Waals surface area contributed by atoms with Gasteiger partial charge in [-0.2, -0.15) is 0 Å². The number of nitrogens with zero attached hydrogens (tertiary/aromatic N) is 3. The van der Waals surface area contributed by atoms with Crippen molar-refractivity contribution in [2.75, 3.05) is 19.6 Å². The largest absolute Gasteiger partial charge is 0.336 e. The van der Waals surface area contributed by atoms with Crippen LogP contribution in [0.5, 0.6) is 0 Å². The third-order valence-electron chi connectivity index (χ3n) is 5.77. The average Bonchev–Trinajstić information content (AvgIpc) is 2.83. The van der Waals surface area contributed by atoms with E-state index >= 15 is 0 Å². The van der Waals surface area contributed by atoms with E-state index < -0.39 is 0 Å². The van der Waals surface area contributed by atoms with E-state index in [9.17, 15) is 4.79 Å². The zero-order chi connectivity index (χ0) is 14.4. The van der Waals surface area contributed by atoms with Crippen LogP contribution in [-0.4, -0.2) is 40.0 Å². The minimum atomic E-state index is 0.0882. The lowest BCUT2D eigenvalue weighted by molar-refractivity contribution is -0.137. The van der Waals surface area contributed by atoms with Gasteiger partial charge in [0.25, 0.3) is 0 Å². The second-order valence-corrected chi connectivity index (χ2v) is 6.97. The molecule has 2 atom stereocenters. The maximum Gasteiger partial charge on any atom is 0.226 e. The van der Waals surface area contributed by atoms with Crippen molar-refractivity contribution in [3.63, 3.8) is 0 Å². The fourth-order valence-electron chi connectivity index (χ4n) is 4.43. The zero-order valence-electron chi connectivity index (χ0n) is 12.7. The van der Waals surface area contributed by atoms with Gasteiger partial charge in [-0.3, -0.25) is 4.79 Å². The molecule has 1 aliphatic heterocycles. The molecule has 2 unspecified atom stereocenters. The van der Waals surface area contributed by atoms with Gasteiger partial charge < -0.3 is 14.8 Å². The summed E-state index contributed by atoms with van der Waals surface area (Å²) in [5.41, 5.74) is 0.383. The number of piperazine rings is 1. The average molecular weight is 288 g/mol. The summed E-state index contributed by atoms with van der Waals surface area (Å²) in [6.45, 7) is 2.52. The molecule has 2 saturated carbocycles. The molecule has 2 heterocycles. The Morgan fingerprint density at radius 3 is 2.95 bits per heavy atom. The Hall–Kier alpha value is -1.36. The molecule has 21 heavy (non-hydrogen) atoms. The Morgan fingerprint density at radius 1 is 1.43 bits per heavy atom. The van der Waals surface area contributed by atoms with Crippen LogP contribution in [0.4, 0.5) is 0 Å². The first-order valence-corrected chi connectivity index (χ1v) is 8.20. The van der Waals surface area contributed by atoms with E-state index in [-0.39, 0.29) is 6.04 Å². The number of carbonyl (C=O) groups excluding carboxylic acids is 1. The molecule has 4 rings (SSSR count). The lowest BCUT2D eigenvalue weighted by Gasteiger charge is -2.36. The number of hydrogen-bond donors (Lipinski definition) is 1. The Bertz CT molecular complexity index is 546. The number of rotatable bonds is 2. The minimum absolute atomic E-state index is 0.0882. The summed E-state index contributed by atoms with van der Waals surface area (Å²) in [5, 5.41) is 3.41. The fraction of sp³-hybridized carbons (Fsp3) is 0.750.